The zero-order valence-electron chi connectivity index (χ0n) is 17.7. The molecular formula is C26H21N3O4. The first-order chi connectivity index (χ1) is 16.1. The van der Waals surface area contributed by atoms with Gasteiger partial charge >= 0.3 is 0 Å². The minimum atomic E-state index is -0.488. The number of fused-ring (bicyclic) bond motifs is 2. The van der Waals surface area contributed by atoms with Crippen LogP contribution in [0.1, 0.15) is 23.8 Å². The fourth-order valence-corrected chi connectivity index (χ4v) is 3.96. The van der Waals surface area contributed by atoms with Crippen LogP contribution < -0.4 is 16.4 Å². The summed E-state index contributed by atoms with van der Waals surface area (Å²) >= 11 is 0. The maximum absolute atomic E-state index is 12.9. The molecule has 2 heterocycles. The van der Waals surface area contributed by atoms with Crippen LogP contribution in [0.3, 0.4) is 0 Å². The third kappa shape index (κ3) is 4.08. The minimum Gasteiger partial charge on any atom is -0.459 e. The zero-order valence-corrected chi connectivity index (χ0v) is 17.7. The average molecular weight is 439 g/mol. The molecule has 164 valence electrons. The summed E-state index contributed by atoms with van der Waals surface area (Å²) in [7, 11) is 0. The van der Waals surface area contributed by atoms with Gasteiger partial charge in [0.25, 0.3) is 11.1 Å². The molecule has 0 saturated heterocycles. The summed E-state index contributed by atoms with van der Waals surface area (Å²) in [5.41, 5.74) is 0.911. The third-order valence-corrected chi connectivity index (χ3v) is 5.61. The number of amides is 1. The smallest absolute Gasteiger partial charge is 0.273 e. The lowest BCUT2D eigenvalue weighted by molar-refractivity contribution is -0.122. The first kappa shape index (κ1) is 20.5. The molecule has 0 aliphatic rings. The molecule has 0 fully saturated rings. The molecule has 2 N–H and O–H groups in total. The minimum absolute atomic E-state index is 0.0117. The van der Waals surface area contributed by atoms with E-state index in [2.05, 4.69) is 10.4 Å². The van der Waals surface area contributed by atoms with Gasteiger partial charge in [0.15, 0.2) is 0 Å². The fourth-order valence-electron chi connectivity index (χ4n) is 3.96. The van der Waals surface area contributed by atoms with Crippen LogP contribution in [0.4, 0.5) is 0 Å². The maximum atomic E-state index is 12.9. The number of aromatic amines is 1. The lowest BCUT2D eigenvalue weighted by Gasteiger charge is -2.17. The molecule has 33 heavy (non-hydrogen) atoms. The Morgan fingerprint density at radius 3 is 2.39 bits per heavy atom. The number of carbonyl (C=O) groups excluding carboxylic acids is 1. The van der Waals surface area contributed by atoms with Crippen LogP contribution >= 0.6 is 0 Å². The van der Waals surface area contributed by atoms with Crippen molar-refractivity contribution in [1.82, 2.24) is 15.1 Å². The van der Waals surface area contributed by atoms with Crippen LogP contribution in [-0.4, -0.2) is 15.7 Å². The largest absolute Gasteiger partial charge is 0.459 e. The molecule has 0 bridgehead atoms. The van der Waals surface area contributed by atoms with Gasteiger partial charge in [0.1, 0.15) is 17.4 Å². The fraction of sp³-hybridized carbons (Fsp3) is 0.115. The molecule has 1 atom stereocenters. The molecule has 0 aliphatic carbocycles. The Labute approximate surface area is 188 Å². The number of H-pyrrole nitrogens is 1. The zero-order chi connectivity index (χ0) is 22.8. The van der Waals surface area contributed by atoms with Crippen molar-refractivity contribution in [2.24, 2.45) is 0 Å². The van der Waals surface area contributed by atoms with Gasteiger partial charge in [-0.1, -0.05) is 60.7 Å². The molecule has 2 aromatic heterocycles. The van der Waals surface area contributed by atoms with Crippen LogP contribution in [0, 0.1) is 0 Å². The van der Waals surface area contributed by atoms with Gasteiger partial charge in [0, 0.05) is 11.8 Å². The Morgan fingerprint density at radius 1 is 0.909 bits per heavy atom. The number of aromatic nitrogens is 2. The monoisotopic (exact) mass is 439 g/mol. The molecule has 0 aliphatic heterocycles. The average Bonchev–Trinajstić information content (AvgIpc) is 3.28. The first-order valence-electron chi connectivity index (χ1n) is 10.6. The maximum Gasteiger partial charge on any atom is 0.273 e. The van der Waals surface area contributed by atoms with Gasteiger partial charge < -0.3 is 9.73 Å². The lowest BCUT2D eigenvalue weighted by atomic mass is 10.0. The van der Waals surface area contributed by atoms with E-state index in [4.69, 9.17) is 4.42 Å². The van der Waals surface area contributed by atoms with Crippen molar-refractivity contribution >= 4 is 27.6 Å². The quantitative estimate of drug-likeness (QED) is 0.421. The molecule has 5 rings (SSSR count). The molecule has 7 heteroatoms. The summed E-state index contributed by atoms with van der Waals surface area (Å²) < 4.78 is 7.20. The molecule has 1 amide bonds. The predicted octanol–water partition coefficient (Wildman–Crippen LogP) is 3.73. The summed E-state index contributed by atoms with van der Waals surface area (Å²) in [6.07, 6.45) is 0.0117. The molecule has 3 aromatic carbocycles. The van der Waals surface area contributed by atoms with E-state index < -0.39 is 6.04 Å². The second kappa shape index (κ2) is 8.63. The Balaban J connectivity index is 1.39. The topological polar surface area (TPSA) is 97.1 Å². The number of hydrogen-bond acceptors (Lipinski definition) is 4. The second-order valence-electron chi connectivity index (χ2n) is 7.79. The van der Waals surface area contributed by atoms with Crippen LogP contribution in [0.25, 0.3) is 21.7 Å². The van der Waals surface area contributed by atoms with E-state index >= 15 is 0 Å². The summed E-state index contributed by atoms with van der Waals surface area (Å²) in [6.45, 7) is 0.0480. The van der Waals surface area contributed by atoms with Crippen molar-refractivity contribution in [3.8, 4) is 0 Å². The van der Waals surface area contributed by atoms with E-state index in [-0.39, 0.29) is 30.0 Å². The summed E-state index contributed by atoms with van der Waals surface area (Å²) in [6, 6.07) is 25.3. The van der Waals surface area contributed by atoms with Gasteiger partial charge in [-0.15, -0.1) is 0 Å². The van der Waals surface area contributed by atoms with Crippen molar-refractivity contribution in [2.45, 2.75) is 19.0 Å². The number of nitrogens with zero attached hydrogens (tertiary/aromatic N) is 1. The van der Waals surface area contributed by atoms with Gasteiger partial charge in [0.05, 0.1) is 17.3 Å². The predicted molar refractivity (Wildman–Crippen MR) is 126 cm³/mol. The number of furan rings is 1. The standard InChI is InChI=1S/C26H21N3O4/c30-23(14-15-29-26(32)20-12-6-5-11-19(20)25(31)28-29)27-24(17-8-2-1-3-9-17)22-16-18-10-4-7-13-21(18)33-22/h1-13,16,24H,14-15H2,(H,27,30)(H,28,31)/t24-/m1/s1. The van der Waals surface area contributed by atoms with Gasteiger partial charge in [-0.05, 0) is 29.8 Å². The van der Waals surface area contributed by atoms with E-state index in [1.165, 1.54) is 4.68 Å². The van der Waals surface area contributed by atoms with Crippen molar-refractivity contribution in [1.29, 1.82) is 0 Å². The highest BCUT2D eigenvalue weighted by Gasteiger charge is 2.21. The number of carbonyl (C=O) groups is 1. The van der Waals surface area contributed by atoms with Crippen LogP contribution in [0.2, 0.25) is 0 Å². The Hall–Kier alpha value is -4.39. The van der Waals surface area contributed by atoms with E-state index in [1.807, 2.05) is 60.7 Å². The molecular weight excluding hydrogens is 418 g/mol. The molecule has 0 saturated carbocycles. The van der Waals surface area contributed by atoms with Crippen LogP contribution in [-0.2, 0) is 11.3 Å². The van der Waals surface area contributed by atoms with Gasteiger partial charge in [-0.25, -0.2) is 4.68 Å². The van der Waals surface area contributed by atoms with Gasteiger partial charge in [0.2, 0.25) is 5.91 Å². The van der Waals surface area contributed by atoms with Crippen molar-refractivity contribution in [3.05, 3.63) is 117 Å². The summed E-state index contributed by atoms with van der Waals surface area (Å²) in [5, 5.41) is 7.17. The Bertz CT molecular complexity index is 1530. The molecule has 5 aromatic rings. The van der Waals surface area contributed by atoms with Crippen LogP contribution in [0.15, 0.2) is 98.9 Å². The molecule has 0 spiro atoms. The highest BCUT2D eigenvalue weighted by molar-refractivity contribution is 5.81. The second-order valence-corrected chi connectivity index (χ2v) is 7.79. The van der Waals surface area contributed by atoms with E-state index in [0.717, 1.165) is 16.5 Å². The van der Waals surface area contributed by atoms with Gasteiger partial charge in [-0.2, -0.15) is 0 Å². The number of nitrogens with one attached hydrogen (secondary N) is 2. The number of para-hydroxylation sites is 1. The molecule has 0 radical (unpaired) electrons. The van der Waals surface area contributed by atoms with E-state index in [0.29, 0.717) is 16.5 Å². The third-order valence-electron chi connectivity index (χ3n) is 5.61. The summed E-state index contributed by atoms with van der Waals surface area (Å²) in [5.74, 6) is 0.345. The van der Waals surface area contributed by atoms with Crippen molar-refractivity contribution < 1.29 is 9.21 Å². The normalized spacial score (nSPS) is 12.1. The number of rotatable bonds is 6. The highest BCUT2D eigenvalue weighted by atomic mass is 16.3. The SMILES string of the molecule is O=C(CCn1[nH]c(=O)c2ccccc2c1=O)N[C@H](c1ccccc1)c1cc2ccccc2o1. The Morgan fingerprint density at radius 2 is 1.61 bits per heavy atom. The number of benzene rings is 3. The van der Waals surface area contributed by atoms with Crippen molar-refractivity contribution in [2.75, 3.05) is 0 Å². The van der Waals surface area contributed by atoms with E-state index in [1.54, 1.807) is 24.3 Å². The van der Waals surface area contributed by atoms with Crippen molar-refractivity contribution in [3.63, 3.8) is 0 Å². The lowest BCUT2D eigenvalue weighted by Crippen LogP contribution is -2.34. The van der Waals surface area contributed by atoms with E-state index in [9.17, 15) is 14.4 Å². The van der Waals surface area contributed by atoms with Gasteiger partial charge in [-0.3, -0.25) is 19.5 Å². The number of hydrogen-bond donors (Lipinski definition) is 2. The van der Waals surface area contributed by atoms with Crippen LogP contribution in [0.5, 0.6) is 0 Å². The summed E-state index contributed by atoms with van der Waals surface area (Å²) in [4.78, 5) is 37.9. The highest BCUT2D eigenvalue weighted by Crippen LogP contribution is 2.28. The Kier molecular flexibility index (Phi) is 5.36. The molecule has 0 unspecified atom stereocenters. The first-order valence-corrected chi connectivity index (χ1v) is 10.6. The number of aryl methyl sites for hydroxylation is 1. The molecule has 7 nitrogen and oxygen atoms in total.